The second-order valence-electron chi connectivity index (χ2n) is 2.71. The highest BCUT2D eigenvalue weighted by molar-refractivity contribution is 5.70. The molecule has 0 heterocycles. The van der Waals surface area contributed by atoms with Crippen molar-refractivity contribution in [3.8, 4) is 0 Å². The Morgan fingerprint density at radius 3 is 2.27 bits per heavy atom. The van der Waals surface area contributed by atoms with Crippen molar-refractivity contribution >= 4 is 5.97 Å². The Balaban J connectivity index is 3.97. The number of hydrogen-bond acceptors (Lipinski definition) is 2. The van der Waals surface area contributed by atoms with Crippen LogP contribution in [-0.2, 0) is 4.79 Å². The summed E-state index contributed by atoms with van der Waals surface area (Å²) in [5, 5.41) is 17.9. The molecule has 66 valence electrons. The molecule has 0 unspecified atom stereocenters. The normalized spacial score (nSPS) is 15.9. The molecule has 0 aliphatic heterocycles. The molecule has 3 nitrogen and oxygen atoms in total. The molecule has 2 N–H and O–H groups in total. The minimum Gasteiger partial charge on any atom is -0.481 e. The minimum absolute atomic E-state index is 0.511. The number of carboxylic acids is 1. The molecule has 0 saturated heterocycles. The maximum Gasteiger partial charge on any atom is 0.309 e. The molecule has 3 heteroatoms. The highest BCUT2D eigenvalue weighted by Gasteiger charge is 2.23. The zero-order valence-corrected chi connectivity index (χ0v) is 7.08. The molecule has 0 aromatic rings. The van der Waals surface area contributed by atoms with Crippen LogP contribution in [0.4, 0.5) is 0 Å². The van der Waals surface area contributed by atoms with E-state index in [1.165, 1.54) is 0 Å². The maximum atomic E-state index is 10.5. The molecule has 0 radical (unpaired) electrons. The molecule has 11 heavy (non-hydrogen) atoms. The van der Waals surface area contributed by atoms with Crippen molar-refractivity contribution in [2.24, 2.45) is 5.92 Å². The lowest BCUT2D eigenvalue weighted by molar-refractivity contribution is -0.146. The van der Waals surface area contributed by atoms with Crippen molar-refractivity contribution in [1.29, 1.82) is 0 Å². The molecule has 0 bridgehead atoms. The molecule has 0 aliphatic carbocycles. The zero-order chi connectivity index (χ0) is 8.85. The summed E-state index contributed by atoms with van der Waals surface area (Å²) >= 11 is 0. The first-order valence-electron chi connectivity index (χ1n) is 4.04. The van der Waals surface area contributed by atoms with Gasteiger partial charge in [-0.1, -0.05) is 20.3 Å². The third-order valence-corrected chi connectivity index (χ3v) is 1.80. The average molecular weight is 160 g/mol. The second kappa shape index (κ2) is 5.13. The lowest BCUT2D eigenvalue weighted by atomic mass is 9.96. The molecule has 0 aliphatic rings. The summed E-state index contributed by atoms with van der Waals surface area (Å²) in [5.74, 6) is -1.47. The monoisotopic (exact) mass is 160 g/mol. The molecule has 0 amide bonds. The number of aliphatic hydroxyl groups excluding tert-OH is 1. The summed E-state index contributed by atoms with van der Waals surface area (Å²) in [6, 6.07) is 0. The van der Waals surface area contributed by atoms with E-state index in [4.69, 9.17) is 5.11 Å². The lowest BCUT2D eigenvalue weighted by Gasteiger charge is -2.16. The van der Waals surface area contributed by atoms with Crippen LogP contribution in [0.5, 0.6) is 0 Å². The highest BCUT2D eigenvalue weighted by Crippen LogP contribution is 2.13. The van der Waals surface area contributed by atoms with Crippen molar-refractivity contribution < 1.29 is 15.0 Å². The Kier molecular flexibility index (Phi) is 4.86. The van der Waals surface area contributed by atoms with Crippen LogP contribution in [0, 0.1) is 5.92 Å². The van der Waals surface area contributed by atoms with Gasteiger partial charge in [-0.05, 0) is 12.8 Å². The first-order chi connectivity index (χ1) is 5.13. The number of aliphatic carboxylic acids is 1. The van der Waals surface area contributed by atoms with Crippen LogP contribution < -0.4 is 0 Å². The molecule has 2 atom stereocenters. The van der Waals surface area contributed by atoms with Gasteiger partial charge in [0.1, 0.15) is 0 Å². The van der Waals surface area contributed by atoms with Crippen LogP contribution in [0.3, 0.4) is 0 Å². The van der Waals surface area contributed by atoms with Crippen LogP contribution in [0.2, 0.25) is 0 Å². The van der Waals surface area contributed by atoms with Crippen molar-refractivity contribution in [1.82, 2.24) is 0 Å². The van der Waals surface area contributed by atoms with Gasteiger partial charge in [0.05, 0.1) is 12.0 Å². The summed E-state index contributed by atoms with van der Waals surface area (Å²) < 4.78 is 0. The van der Waals surface area contributed by atoms with Crippen LogP contribution >= 0.6 is 0 Å². The molecule has 0 aromatic carbocycles. The fourth-order valence-electron chi connectivity index (χ4n) is 1.08. The van der Waals surface area contributed by atoms with Crippen molar-refractivity contribution in [2.75, 3.05) is 0 Å². The van der Waals surface area contributed by atoms with E-state index < -0.39 is 18.0 Å². The molecular weight excluding hydrogens is 144 g/mol. The van der Waals surface area contributed by atoms with Crippen LogP contribution in [0.15, 0.2) is 0 Å². The summed E-state index contributed by atoms with van der Waals surface area (Å²) in [7, 11) is 0. The molecule has 0 spiro atoms. The van der Waals surface area contributed by atoms with E-state index in [1.54, 1.807) is 6.92 Å². The molecule has 0 aromatic heterocycles. The predicted molar refractivity (Wildman–Crippen MR) is 42.3 cm³/mol. The predicted octanol–water partition coefficient (Wildman–Crippen LogP) is 1.26. The van der Waals surface area contributed by atoms with Crippen LogP contribution in [0.25, 0.3) is 0 Å². The van der Waals surface area contributed by atoms with Crippen molar-refractivity contribution in [2.45, 2.75) is 39.2 Å². The summed E-state index contributed by atoms with van der Waals surface area (Å²) in [6.07, 6.45) is 1.18. The Hall–Kier alpha value is -0.570. The van der Waals surface area contributed by atoms with Gasteiger partial charge in [-0.3, -0.25) is 4.79 Å². The maximum absolute atomic E-state index is 10.5. The molecular formula is C8H16O3. The number of aliphatic hydroxyl groups is 1. The van der Waals surface area contributed by atoms with Gasteiger partial charge in [-0.15, -0.1) is 0 Å². The third-order valence-electron chi connectivity index (χ3n) is 1.80. The standard InChI is InChI=1S/C8H16O3/c1-3-5-6(8(10)11)7(9)4-2/h6-7,9H,3-5H2,1-2H3,(H,10,11)/t6-,7-/m0/s1. The van der Waals surface area contributed by atoms with E-state index in [0.717, 1.165) is 6.42 Å². The second-order valence-corrected chi connectivity index (χ2v) is 2.71. The fourth-order valence-corrected chi connectivity index (χ4v) is 1.08. The molecule has 0 saturated carbocycles. The minimum atomic E-state index is -0.888. The van der Waals surface area contributed by atoms with E-state index in [9.17, 15) is 9.90 Å². The summed E-state index contributed by atoms with van der Waals surface area (Å²) in [5.41, 5.74) is 0. The smallest absolute Gasteiger partial charge is 0.309 e. The van der Waals surface area contributed by atoms with Gasteiger partial charge in [0.15, 0.2) is 0 Å². The first-order valence-corrected chi connectivity index (χ1v) is 4.04. The molecule has 0 fully saturated rings. The van der Waals surface area contributed by atoms with E-state index in [-0.39, 0.29) is 0 Å². The molecule has 0 rings (SSSR count). The fraction of sp³-hybridized carbons (Fsp3) is 0.875. The first kappa shape index (κ1) is 10.4. The lowest BCUT2D eigenvalue weighted by Crippen LogP contribution is -2.27. The van der Waals surface area contributed by atoms with Crippen LogP contribution in [0.1, 0.15) is 33.1 Å². The van der Waals surface area contributed by atoms with Gasteiger partial charge in [-0.25, -0.2) is 0 Å². The van der Waals surface area contributed by atoms with Gasteiger partial charge < -0.3 is 10.2 Å². The van der Waals surface area contributed by atoms with Crippen molar-refractivity contribution in [3.63, 3.8) is 0 Å². The Morgan fingerprint density at radius 2 is 2.00 bits per heavy atom. The Bertz CT molecular complexity index is 123. The van der Waals surface area contributed by atoms with E-state index >= 15 is 0 Å². The van der Waals surface area contributed by atoms with Gasteiger partial charge in [0.2, 0.25) is 0 Å². The number of rotatable bonds is 5. The number of hydrogen-bond donors (Lipinski definition) is 2. The van der Waals surface area contributed by atoms with Gasteiger partial charge >= 0.3 is 5.97 Å². The largest absolute Gasteiger partial charge is 0.481 e. The van der Waals surface area contributed by atoms with Crippen molar-refractivity contribution in [3.05, 3.63) is 0 Å². The Labute approximate surface area is 67.0 Å². The number of carboxylic acid groups (broad SMARTS) is 1. The zero-order valence-electron chi connectivity index (χ0n) is 7.08. The average Bonchev–Trinajstić information content (AvgIpc) is 1.98. The van der Waals surface area contributed by atoms with E-state index in [2.05, 4.69) is 0 Å². The summed E-state index contributed by atoms with van der Waals surface area (Å²) in [4.78, 5) is 10.5. The van der Waals surface area contributed by atoms with Gasteiger partial charge in [-0.2, -0.15) is 0 Å². The quantitative estimate of drug-likeness (QED) is 0.636. The van der Waals surface area contributed by atoms with E-state index in [1.807, 2.05) is 6.92 Å². The van der Waals surface area contributed by atoms with E-state index in [0.29, 0.717) is 12.8 Å². The highest BCUT2D eigenvalue weighted by atomic mass is 16.4. The topological polar surface area (TPSA) is 57.5 Å². The van der Waals surface area contributed by atoms with Gasteiger partial charge in [0.25, 0.3) is 0 Å². The summed E-state index contributed by atoms with van der Waals surface area (Å²) in [6.45, 7) is 3.70. The number of carbonyl (C=O) groups is 1. The third kappa shape index (κ3) is 3.37. The Morgan fingerprint density at radius 1 is 1.45 bits per heavy atom. The SMILES string of the molecule is CCC[C@H](C(=O)O)[C@@H](O)CC. The van der Waals surface area contributed by atoms with Gasteiger partial charge in [0, 0.05) is 0 Å². The van der Waals surface area contributed by atoms with Crippen LogP contribution in [-0.4, -0.2) is 22.3 Å².